The topological polar surface area (TPSA) is 114 Å². The SMILES string of the molecule is CC(C)(C)OC(COC(=O)NCCC(=O)O)OC(CO)C(C)(C)C. The van der Waals surface area contributed by atoms with Crippen molar-refractivity contribution >= 4 is 12.1 Å². The average molecular weight is 349 g/mol. The van der Waals surface area contributed by atoms with E-state index < -0.39 is 30.1 Å². The van der Waals surface area contributed by atoms with Crippen LogP contribution in [0.4, 0.5) is 4.79 Å². The van der Waals surface area contributed by atoms with Crippen LogP contribution >= 0.6 is 0 Å². The molecule has 24 heavy (non-hydrogen) atoms. The van der Waals surface area contributed by atoms with Crippen LogP contribution in [-0.2, 0) is 19.0 Å². The van der Waals surface area contributed by atoms with E-state index in [2.05, 4.69) is 5.32 Å². The fourth-order valence-corrected chi connectivity index (χ4v) is 1.67. The van der Waals surface area contributed by atoms with Crippen LogP contribution in [-0.4, -0.2) is 60.0 Å². The van der Waals surface area contributed by atoms with E-state index >= 15 is 0 Å². The number of carbonyl (C=O) groups is 2. The Hall–Kier alpha value is -1.38. The van der Waals surface area contributed by atoms with Gasteiger partial charge in [-0.05, 0) is 26.2 Å². The lowest BCUT2D eigenvalue weighted by atomic mass is 9.89. The van der Waals surface area contributed by atoms with E-state index in [1.807, 2.05) is 41.5 Å². The molecular formula is C16H31NO7. The standard InChI is InChI=1S/C16H31NO7/c1-15(2,3)11(9-18)23-13(24-16(4,5)6)10-22-14(21)17-8-7-12(19)20/h11,13,18H,7-10H2,1-6H3,(H,17,21)(H,19,20). The molecule has 0 saturated heterocycles. The van der Waals surface area contributed by atoms with E-state index in [1.54, 1.807) is 0 Å². The second-order valence-corrected chi connectivity index (χ2v) is 7.50. The molecule has 8 heteroatoms. The smallest absolute Gasteiger partial charge is 0.407 e. The van der Waals surface area contributed by atoms with Crippen molar-refractivity contribution in [2.24, 2.45) is 5.41 Å². The first-order chi connectivity index (χ1) is 10.8. The summed E-state index contributed by atoms with van der Waals surface area (Å²) in [4.78, 5) is 22.0. The Morgan fingerprint density at radius 3 is 2.12 bits per heavy atom. The van der Waals surface area contributed by atoms with Crippen LogP contribution in [0.2, 0.25) is 0 Å². The Morgan fingerprint density at radius 2 is 1.71 bits per heavy atom. The Labute approximate surface area is 143 Å². The largest absolute Gasteiger partial charge is 0.481 e. The molecule has 1 amide bonds. The first-order valence-corrected chi connectivity index (χ1v) is 7.91. The van der Waals surface area contributed by atoms with Gasteiger partial charge in [0.2, 0.25) is 0 Å². The highest BCUT2D eigenvalue weighted by atomic mass is 16.7. The number of aliphatic hydroxyl groups is 1. The molecule has 0 aromatic carbocycles. The van der Waals surface area contributed by atoms with Crippen molar-refractivity contribution in [2.75, 3.05) is 19.8 Å². The van der Waals surface area contributed by atoms with Crippen molar-refractivity contribution in [1.82, 2.24) is 5.32 Å². The van der Waals surface area contributed by atoms with Crippen LogP contribution < -0.4 is 5.32 Å². The predicted octanol–water partition coefficient (Wildman–Crippen LogP) is 1.75. The number of aliphatic hydroxyl groups excluding tert-OH is 1. The molecule has 0 aliphatic rings. The summed E-state index contributed by atoms with van der Waals surface area (Å²) < 4.78 is 16.5. The first kappa shape index (κ1) is 22.6. The summed E-state index contributed by atoms with van der Waals surface area (Å²) in [5.74, 6) is -1.01. The number of carboxylic acids is 1. The van der Waals surface area contributed by atoms with E-state index in [9.17, 15) is 14.7 Å². The Kier molecular flexibility index (Phi) is 9.24. The van der Waals surface area contributed by atoms with Gasteiger partial charge in [-0.15, -0.1) is 0 Å². The number of alkyl carbamates (subject to hydrolysis) is 1. The Bertz CT molecular complexity index is 398. The van der Waals surface area contributed by atoms with Gasteiger partial charge in [0.15, 0.2) is 6.29 Å². The molecule has 0 heterocycles. The van der Waals surface area contributed by atoms with Gasteiger partial charge in [-0.25, -0.2) is 4.79 Å². The van der Waals surface area contributed by atoms with Gasteiger partial charge < -0.3 is 29.7 Å². The van der Waals surface area contributed by atoms with Crippen LogP contribution in [0.5, 0.6) is 0 Å². The molecule has 0 aliphatic carbocycles. The second kappa shape index (κ2) is 9.80. The summed E-state index contributed by atoms with van der Waals surface area (Å²) in [5.41, 5.74) is -0.857. The lowest BCUT2D eigenvalue weighted by Crippen LogP contribution is -2.42. The fraction of sp³-hybridized carbons (Fsp3) is 0.875. The zero-order valence-corrected chi connectivity index (χ0v) is 15.4. The number of carbonyl (C=O) groups excluding carboxylic acids is 1. The third-order valence-corrected chi connectivity index (χ3v) is 2.89. The van der Waals surface area contributed by atoms with E-state index in [1.165, 1.54) is 0 Å². The number of carboxylic acid groups (broad SMARTS) is 1. The van der Waals surface area contributed by atoms with Crippen LogP contribution in [0, 0.1) is 5.41 Å². The van der Waals surface area contributed by atoms with Gasteiger partial charge >= 0.3 is 12.1 Å². The van der Waals surface area contributed by atoms with Crippen LogP contribution in [0.3, 0.4) is 0 Å². The highest BCUT2D eigenvalue weighted by Gasteiger charge is 2.30. The molecule has 0 bridgehead atoms. The molecule has 0 saturated carbocycles. The number of hydrogen-bond donors (Lipinski definition) is 3. The monoisotopic (exact) mass is 349 g/mol. The second-order valence-electron chi connectivity index (χ2n) is 7.50. The van der Waals surface area contributed by atoms with E-state index in [4.69, 9.17) is 19.3 Å². The number of rotatable bonds is 9. The third kappa shape index (κ3) is 11.2. The molecule has 8 nitrogen and oxygen atoms in total. The van der Waals surface area contributed by atoms with Crippen molar-refractivity contribution in [3.05, 3.63) is 0 Å². The minimum Gasteiger partial charge on any atom is -0.481 e. The number of amides is 1. The van der Waals surface area contributed by atoms with Gasteiger partial charge in [0, 0.05) is 6.54 Å². The zero-order chi connectivity index (χ0) is 19.0. The number of hydrogen-bond acceptors (Lipinski definition) is 6. The summed E-state index contributed by atoms with van der Waals surface area (Å²) in [6, 6.07) is 0. The summed E-state index contributed by atoms with van der Waals surface area (Å²) in [5, 5.41) is 20.3. The van der Waals surface area contributed by atoms with Crippen molar-refractivity contribution < 1.29 is 34.0 Å². The van der Waals surface area contributed by atoms with Crippen LogP contribution in [0.1, 0.15) is 48.0 Å². The number of aliphatic carboxylic acids is 1. The Morgan fingerprint density at radius 1 is 1.12 bits per heavy atom. The normalized spacial score (nSPS) is 14.8. The molecule has 0 radical (unpaired) electrons. The van der Waals surface area contributed by atoms with E-state index in [0.717, 1.165) is 0 Å². The maximum absolute atomic E-state index is 11.6. The van der Waals surface area contributed by atoms with Crippen molar-refractivity contribution in [3.8, 4) is 0 Å². The minimum atomic E-state index is -1.01. The van der Waals surface area contributed by atoms with Crippen LogP contribution in [0.25, 0.3) is 0 Å². The maximum Gasteiger partial charge on any atom is 0.407 e. The van der Waals surface area contributed by atoms with E-state index in [0.29, 0.717) is 0 Å². The highest BCUT2D eigenvalue weighted by Crippen LogP contribution is 2.24. The number of ether oxygens (including phenoxy) is 3. The van der Waals surface area contributed by atoms with Crippen molar-refractivity contribution in [2.45, 2.75) is 66.0 Å². The van der Waals surface area contributed by atoms with Gasteiger partial charge in [-0.3, -0.25) is 4.79 Å². The van der Waals surface area contributed by atoms with Crippen molar-refractivity contribution in [1.29, 1.82) is 0 Å². The third-order valence-electron chi connectivity index (χ3n) is 2.89. The summed E-state index contributed by atoms with van der Waals surface area (Å²) >= 11 is 0. The molecular weight excluding hydrogens is 318 g/mol. The molecule has 0 spiro atoms. The molecule has 3 N–H and O–H groups in total. The molecule has 0 aliphatic heterocycles. The van der Waals surface area contributed by atoms with Gasteiger partial charge in [0.1, 0.15) is 6.61 Å². The van der Waals surface area contributed by atoms with Gasteiger partial charge in [-0.1, -0.05) is 20.8 Å². The van der Waals surface area contributed by atoms with Gasteiger partial charge in [0.25, 0.3) is 0 Å². The highest BCUT2D eigenvalue weighted by molar-refractivity contribution is 5.70. The molecule has 0 fully saturated rings. The summed E-state index contributed by atoms with van der Waals surface area (Å²) in [6.07, 6.45) is -2.29. The molecule has 0 aromatic heterocycles. The lowest BCUT2D eigenvalue weighted by Gasteiger charge is -2.35. The molecule has 2 atom stereocenters. The van der Waals surface area contributed by atoms with Crippen molar-refractivity contribution in [3.63, 3.8) is 0 Å². The van der Waals surface area contributed by atoms with E-state index in [-0.39, 0.29) is 31.6 Å². The minimum absolute atomic E-state index is 0.0267. The first-order valence-electron chi connectivity index (χ1n) is 7.91. The van der Waals surface area contributed by atoms with Gasteiger partial charge in [0.05, 0.1) is 24.7 Å². The average Bonchev–Trinajstić information content (AvgIpc) is 2.38. The van der Waals surface area contributed by atoms with Gasteiger partial charge in [-0.2, -0.15) is 0 Å². The molecule has 142 valence electrons. The summed E-state index contributed by atoms with van der Waals surface area (Å²) in [6.45, 7) is 10.9. The fourth-order valence-electron chi connectivity index (χ4n) is 1.67. The quantitative estimate of drug-likeness (QED) is 0.543. The summed E-state index contributed by atoms with van der Waals surface area (Å²) in [7, 11) is 0. The molecule has 0 rings (SSSR count). The lowest BCUT2D eigenvalue weighted by molar-refractivity contribution is -0.247. The predicted molar refractivity (Wildman–Crippen MR) is 87.6 cm³/mol. The Balaban J connectivity index is 4.61. The molecule has 2 unspecified atom stereocenters. The van der Waals surface area contributed by atoms with Crippen LogP contribution in [0.15, 0.2) is 0 Å². The zero-order valence-electron chi connectivity index (χ0n) is 15.4. The molecule has 0 aromatic rings. The maximum atomic E-state index is 11.6. The number of nitrogens with one attached hydrogen (secondary N) is 1.